The van der Waals surface area contributed by atoms with E-state index in [-0.39, 0.29) is 16.4 Å². The minimum atomic E-state index is 0.219. The van der Waals surface area contributed by atoms with Gasteiger partial charge in [0.15, 0.2) is 6.04 Å². The summed E-state index contributed by atoms with van der Waals surface area (Å²) in [6.45, 7) is 12.4. The lowest BCUT2D eigenvalue weighted by molar-refractivity contribution is -0.0265. The summed E-state index contributed by atoms with van der Waals surface area (Å²) in [4.78, 5) is 3.00. The molecule has 7 atom stereocenters. The van der Waals surface area contributed by atoms with Crippen LogP contribution in [0.1, 0.15) is 107 Å². The monoisotopic (exact) mass is 519 g/mol. The van der Waals surface area contributed by atoms with E-state index in [1.807, 2.05) is 0 Å². The molecule has 2 aromatic rings. The predicted molar refractivity (Wildman–Crippen MR) is 157 cm³/mol. The van der Waals surface area contributed by atoms with Crippen molar-refractivity contribution in [3.05, 3.63) is 50.5 Å². The summed E-state index contributed by atoms with van der Waals surface area (Å²) in [5, 5.41) is 3.02. The van der Waals surface area contributed by atoms with Gasteiger partial charge in [-0.1, -0.05) is 40.5 Å². The van der Waals surface area contributed by atoms with E-state index in [2.05, 4.69) is 55.4 Å². The third kappa shape index (κ3) is 2.14. The first kappa shape index (κ1) is 22.4. The molecule has 0 N–H and O–H groups in total. The van der Waals surface area contributed by atoms with Crippen molar-refractivity contribution < 1.29 is 4.74 Å². The normalized spacial score (nSPS) is 37.2. The van der Waals surface area contributed by atoms with Crippen LogP contribution >= 0.6 is 0 Å². The summed E-state index contributed by atoms with van der Waals surface area (Å²) in [7, 11) is 0. The van der Waals surface area contributed by atoms with Gasteiger partial charge in [-0.25, -0.2) is 4.58 Å². The van der Waals surface area contributed by atoms with Crippen molar-refractivity contribution in [3.63, 3.8) is 0 Å². The molecule has 7 heterocycles. The first-order valence-corrected chi connectivity index (χ1v) is 16.5. The first-order chi connectivity index (χ1) is 19.0. The van der Waals surface area contributed by atoms with E-state index in [9.17, 15) is 0 Å². The molecule has 0 aromatic heterocycles. The number of hydrogen-bond acceptors (Lipinski definition) is 2. The van der Waals surface area contributed by atoms with Crippen molar-refractivity contribution in [1.29, 1.82) is 0 Å². The number of aryl methyl sites for hydroxylation is 2. The van der Waals surface area contributed by atoms with Crippen LogP contribution in [0.25, 0.3) is 6.08 Å². The molecule has 11 rings (SSSR count). The van der Waals surface area contributed by atoms with Crippen LogP contribution in [0.3, 0.4) is 0 Å². The summed E-state index contributed by atoms with van der Waals surface area (Å²) >= 11 is 0. The molecule has 2 fully saturated rings. The van der Waals surface area contributed by atoms with Crippen LogP contribution in [-0.2, 0) is 23.7 Å². The second kappa shape index (κ2) is 6.77. The molecule has 9 aliphatic rings. The summed E-state index contributed by atoms with van der Waals surface area (Å²) in [6.07, 6.45) is 15.6. The van der Waals surface area contributed by atoms with E-state index in [4.69, 9.17) is 4.74 Å². The molecule has 0 saturated heterocycles. The van der Waals surface area contributed by atoms with Crippen molar-refractivity contribution in [2.45, 2.75) is 114 Å². The van der Waals surface area contributed by atoms with Crippen molar-refractivity contribution >= 4 is 11.8 Å². The Morgan fingerprint density at radius 2 is 1.87 bits per heavy atom. The SMILES string of the molecule is CCC(C)CC1C2CC13c1c4c(cc5c1=[N+]2CCC5)=Cc1cc2c5c(c1O4)C31CC1(CC(C)CC)N5CCC2. The third-order valence-electron chi connectivity index (χ3n) is 13.6. The molecule has 7 unspecified atom stereocenters. The van der Waals surface area contributed by atoms with Gasteiger partial charge >= 0.3 is 0 Å². The van der Waals surface area contributed by atoms with Crippen molar-refractivity contribution in [2.24, 2.45) is 17.8 Å². The maximum atomic E-state index is 7.34. The minimum Gasteiger partial charge on any atom is -0.455 e. The lowest BCUT2D eigenvalue weighted by Gasteiger charge is -2.60. The van der Waals surface area contributed by atoms with Crippen LogP contribution < -0.4 is 24.8 Å². The Hall–Kier alpha value is -2.29. The summed E-state index contributed by atoms with van der Waals surface area (Å²) in [5.41, 5.74) is 10.4. The lowest BCUT2D eigenvalue weighted by atomic mass is 9.42. The van der Waals surface area contributed by atoms with E-state index >= 15 is 0 Å². The van der Waals surface area contributed by atoms with Gasteiger partial charge < -0.3 is 9.64 Å². The van der Waals surface area contributed by atoms with E-state index < -0.39 is 0 Å². The molecule has 2 aromatic carbocycles. The van der Waals surface area contributed by atoms with Gasteiger partial charge in [0.1, 0.15) is 18.0 Å². The summed E-state index contributed by atoms with van der Waals surface area (Å²) in [5.74, 6) is 4.82. The standard InChI is InChI=1S/C36H43N2O/c1-5-20(3)13-26-27-18-35(26)28-30-22(9-7-11-37(27)30)14-24-16-25-15-23-10-8-12-38-31(23)29(33(25)39-32(24)28)36(35)19-34(36,38)17-21(4)6-2/h14-16,20-21,26-27H,5-13,17-19H2,1-4H3/q+1. The van der Waals surface area contributed by atoms with Gasteiger partial charge in [0.05, 0.1) is 11.1 Å². The average molecular weight is 520 g/mol. The largest absolute Gasteiger partial charge is 0.455 e. The Balaban J connectivity index is 1.37. The Kier molecular flexibility index (Phi) is 3.89. The number of anilines is 1. The molecule has 2 spiro atoms. The molecule has 202 valence electrons. The molecular weight excluding hydrogens is 476 g/mol. The lowest BCUT2D eigenvalue weighted by Crippen LogP contribution is -2.74. The van der Waals surface area contributed by atoms with Gasteiger partial charge in [-0.3, -0.25) is 0 Å². The highest BCUT2D eigenvalue weighted by Gasteiger charge is 2.90. The van der Waals surface area contributed by atoms with Crippen molar-refractivity contribution in [2.75, 3.05) is 18.0 Å². The molecular formula is C36H43N2O+. The van der Waals surface area contributed by atoms with E-state index in [1.54, 1.807) is 33.3 Å². The van der Waals surface area contributed by atoms with Gasteiger partial charge in [0, 0.05) is 63.7 Å². The minimum absolute atomic E-state index is 0.219. The number of nitrogens with zero attached hydrogens (tertiary/aromatic N) is 2. The molecule has 39 heavy (non-hydrogen) atoms. The number of fused-ring (bicyclic) bond motifs is 1. The zero-order chi connectivity index (χ0) is 26.1. The molecule has 3 heteroatoms. The zero-order valence-corrected chi connectivity index (χ0v) is 24.3. The fourth-order valence-corrected chi connectivity index (χ4v) is 11.8. The number of benzene rings is 2. The number of ether oxygens (including phenoxy) is 1. The quantitative estimate of drug-likeness (QED) is 0.387. The van der Waals surface area contributed by atoms with Crippen LogP contribution in [0.15, 0.2) is 12.1 Å². The smallest absolute Gasteiger partial charge is 0.211 e. The van der Waals surface area contributed by atoms with Crippen LogP contribution in [0.4, 0.5) is 5.69 Å². The second-order valence-electron chi connectivity index (χ2n) is 15.1. The van der Waals surface area contributed by atoms with E-state index in [0.717, 1.165) is 23.8 Å². The average Bonchev–Trinajstić information content (AvgIpc) is 3.58. The zero-order valence-electron chi connectivity index (χ0n) is 24.3. The molecule has 2 saturated carbocycles. The van der Waals surface area contributed by atoms with Crippen LogP contribution in [0.5, 0.6) is 11.5 Å². The third-order valence-corrected chi connectivity index (χ3v) is 13.6. The molecule has 4 bridgehead atoms. The first-order valence-electron chi connectivity index (χ1n) is 16.5. The highest BCUT2D eigenvalue weighted by Crippen LogP contribution is 2.85. The molecule has 0 radical (unpaired) electrons. The number of rotatable bonds is 6. The fourth-order valence-electron chi connectivity index (χ4n) is 11.8. The van der Waals surface area contributed by atoms with Gasteiger partial charge in [-0.15, -0.1) is 0 Å². The van der Waals surface area contributed by atoms with Gasteiger partial charge in [-0.05, 0) is 74.1 Å². The fraction of sp³-hybridized carbons (Fsp3) is 0.639. The van der Waals surface area contributed by atoms with Gasteiger partial charge in [0.2, 0.25) is 5.36 Å². The summed E-state index contributed by atoms with van der Waals surface area (Å²) < 4.78 is 10.2. The van der Waals surface area contributed by atoms with Crippen molar-refractivity contribution in [1.82, 2.24) is 4.58 Å². The Morgan fingerprint density at radius 1 is 1.03 bits per heavy atom. The van der Waals surface area contributed by atoms with Gasteiger partial charge in [0.25, 0.3) is 0 Å². The Labute approximate surface area is 232 Å². The van der Waals surface area contributed by atoms with Crippen LogP contribution in [0, 0.1) is 17.8 Å². The van der Waals surface area contributed by atoms with Crippen LogP contribution in [0.2, 0.25) is 0 Å². The molecule has 2 aliphatic carbocycles. The maximum Gasteiger partial charge on any atom is 0.211 e. The second-order valence-corrected chi connectivity index (χ2v) is 15.1. The highest BCUT2D eigenvalue weighted by molar-refractivity contribution is 5.88. The molecule has 0 amide bonds. The topological polar surface area (TPSA) is 15.5 Å². The predicted octanol–water partition coefficient (Wildman–Crippen LogP) is 5.73. The summed E-state index contributed by atoms with van der Waals surface area (Å²) in [6, 6.07) is 5.80. The maximum absolute atomic E-state index is 7.34. The van der Waals surface area contributed by atoms with Crippen LogP contribution in [-0.4, -0.2) is 24.7 Å². The van der Waals surface area contributed by atoms with E-state index in [1.165, 1.54) is 99.6 Å². The Bertz CT molecular complexity index is 1650. The molecule has 7 aliphatic heterocycles. The van der Waals surface area contributed by atoms with E-state index in [0.29, 0.717) is 0 Å². The molecule has 3 nitrogen and oxygen atoms in total. The number of hydrogen-bond donors (Lipinski definition) is 0. The highest BCUT2D eigenvalue weighted by atomic mass is 16.5. The Morgan fingerprint density at radius 3 is 2.72 bits per heavy atom. The van der Waals surface area contributed by atoms with Crippen molar-refractivity contribution in [3.8, 4) is 11.5 Å². The van der Waals surface area contributed by atoms with Gasteiger partial charge in [-0.2, -0.15) is 0 Å².